The molecule has 0 aliphatic carbocycles. The molecule has 1 rings (SSSR count). The number of halogens is 3. The van der Waals surface area contributed by atoms with Crippen molar-refractivity contribution in [3.05, 3.63) is 16.1 Å². The Morgan fingerprint density at radius 3 is 2.56 bits per heavy atom. The molecule has 0 spiro atoms. The van der Waals surface area contributed by atoms with E-state index in [9.17, 15) is 8.78 Å². The lowest BCUT2D eigenvalue weighted by molar-refractivity contribution is 0.0880. The monoisotopic (exact) mass is 340 g/mol. The largest absolute Gasteiger partial charge is 0.290 e. The van der Waals surface area contributed by atoms with Crippen molar-refractivity contribution in [3.8, 4) is 0 Å². The van der Waals surface area contributed by atoms with Crippen molar-refractivity contribution >= 4 is 27.3 Å². The first kappa shape index (κ1) is 16.0. The molecule has 0 aliphatic rings. The van der Waals surface area contributed by atoms with Crippen LogP contribution in [0.1, 0.15) is 31.5 Å². The highest BCUT2D eigenvalue weighted by molar-refractivity contribution is 9.09. The molecule has 0 N–H and O–H groups in total. The Hall–Kier alpha value is -0.0700. The smallest absolute Gasteiger partial charge is 0.251 e. The van der Waals surface area contributed by atoms with Gasteiger partial charge in [-0.3, -0.25) is 4.90 Å². The lowest BCUT2D eigenvalue weighted by Gasteiger charge is -2.19. The number of hydrogen-bond donors (Lipinski definition) is 0. The van der Waals surface area contributed by atoms with Crippen molar-refractivity contribution in [2.45, 2.75) is 39.2 Å². The molecule has 2 nitrogen and oxygen atoms in total. The fraction of sp³-hybridized carbons (Fsp3) is 0.750. The first-order valence-corrected chi connectivity index (χ1v) is 7.84. The minimum atomic E-state index is -2.30. The zero-order valence-corrected chi connectivity index (χ0v) is 13.3. The maximum atomic E-state index is 12.4. The van der Waals surface area contributed by atoms with Crippen LogP contribution in [0.2, 0.25) is 0 Å². The van der Waals surface area contributed by atoms with E-state index in [1.165, 1.54) is 0 Å². The summed E-state index contributed by atoms with van der Waals surface area (Å²) in [5.41, 5.74) is 1.04. The quantitative estimate of drug-likeness (QED) is 0.730. The van der Waals surface area contributed by atoms with E-state index in [4.69, 9.17) is 0 Å². The summed E-state index contributed by atoms with van der Waals surface area (Å²) in [6.45, 7) is 7.20. The molecule has 0 atom stereocenters. The molecular weight excluding hydrogens is 322 g/mol. The molecule has 6 heteroatoms. The van der Waals surface area contributed by atoms with Gasteiger partial charge >= 0.3 is 0 Å². The summed E-state index contributed by atoms with van der Waals surface area (Å²) >= 11 is 4.83. The molecule has 0 radical (unpaired) electrons. The van der Waals surface area contributed by atoms with Crippen LogP contribution in [0, 0.1) is 0 Å². The van der Waals surface area contributed by atoms with Gasteiger partial charge in [-0.05, 0) is 0 Å². The van der Waals surface area contributed by atoms with E-state index in [0.29, 0.717) is 18.4 Å². The highest BCUT2D eigenvalue weighted by Gasteiger charge is 2.19. The number of thiazole rings is 1. The molecule has 1 heterocycles. The van der Waals surface area contributed by atoms with Gasteiger partial charge in [0.2, 0.25) is 0 Å². The first-order valence-electron chi connectivity index (χ1n) is 5.84. The Balaban J connectivity index is 2.66. The molecule has 1 aromatic heterocycles. The van der Waals surface area contributed by atoms with Crippen LogP contribution in [-0.2, 0) is 12.0 Å². The number of alkyl halides is 3. The number of rotatable bonds is 6. The van der Waals surface area contributed by atoms with Gasteiger partial charge in [0.15, 0.2) is 0 Å². The molecule has 0 saturated carbocycles. The zero-order valence-electron chi connectivity index (χ0n) is 10.9. The van der Waals surface area contributed by atoms with Gasteiger partial charge in [-0.25, -0.2) is 13.8 Å². The predicted molar refractivity (Wildman–Crippen MR) is 75.9 cm³/mol. The van der Waals surface area contributed by atoms with E-state index in [1.54, 1.807) is 16.2 Å². The van der Waals surface area contributed by atoms with E-state index in [-0.39, 0.29) is 12.0 Å². The highest BCUT2D eigenvalue weighted by Crippen LogP contribution is 2.24. The van der Waals surface area contributed by atoms with Crippen LogP contribution in [0.4, 0.5) is 8.78 Å². The molecule has 0 saturated heterocycles. The van der Waals surface area contributed by atoms with Gasteiger partial charge in [0, 0.05) is 22.7 Å². The molecular formula is C12H19BrF2N2S. The number of hydrogen-bond acceptors (Lipinski definition) is 3. The van der Waals surface area contributed by atoms with Gasteiger partial charge in [-0.2, -0.15) is 0 Å². The second-order valence-corrected chi connectivity index (χ2v) is 6.93. The van der Waals surface area contributed by atoms with Crippen LogP contribution in [0.15, 0.2) is 5.38 Å². The number of nitrogens with zero attached hydrogens (tertiary/aromatic N) is 2. The average Bonchev–Trinajstić information content (AvgIpc) is 2.64. The van der Waals surface area contributed by atoms with Crippen LogP contribution < -0.4 is 0 Å². The van der Waals surface area contributed by atoms with Gasteiger partial charge in [-0.15, -0.1) is 11.3 Å². The second kappa shape index (κ2) is 6.91. The van der Waals surface area contributed by atoms with E-state index in [2.05, 4.69) is 41.7 Å². The highest BCUT2D eigenvalue weighted by atomic mass is 79.9. The van der Waals surface area contributed by atoms with Gasteiger partial charge < -0.3 is 0 Å². The van der Waals surface area contributed by atoms with Gasteiger partial charge in [0.25, 0.3) is 6.43 Å². The summed E-state index contributed by atoms with van der Waals surface area (Å²) in [6.07, 6.45) is -2.30. The van der Waals surface area contributed by atoms with Crippen molar-refractivity contribution < 1.29 is 8.78 Å². The Kier molecular flexibility index (Phi) is 6.14. The topological polar surface area (TPSA) is 16.1 Å². The minimum absolute atomic E-state index is 0.0116. The molecule has 0 unspecified atom stereocenters. The molecule has 1 aromatic rings. The predicted octanol–water partition coefficient (Wildman–Crippen LogP) is 3.90. The Labute approximate surface area is 120 Å². The first-order chi connectivity index (χ1) is 8.32. The molecule has 0 aromatic carbocycles. The molecule has 104 valence electrons. The van der Waals surface area contributed by atoms with E-state index in [0.717, 1.165) is 10.7 Å². The fourth-order valence-electron chi connectivity index (χ4n) is 1.47. The second-order valence-electron chi connectivity index (χ2n) is 5.19. The van der Waals surface area contributed by atoms with Crippen LogP contribution >= 0.6 is 27.3 Å². The lowest BCUT2D eigenvalue weighted by Crippen LogP contribution is -2.30. The lowest BCUT2D eigenvalue weighted by atomic mass is 9.93. The molecule has 0 bridgehead atoms. The molecule has 0 fully saturated rings. The third-order valence-electron chi connectivity index (χ3n) is 2.48. The Morgan fingerprint density at radius 2 is 2.11 bits per heavy atom. The standard InChI is InChI=1S/C12H19BrF2N2S/c1-12(2,3)9-8-18-11(16-9)7-17(5-4-13)6-10(14)15/h8,10H,4-7H2,1-3H3. The van der Waals surface area contributed by atoms with Crippen LogP contribution in [0.3, 0.4) is 0 Å². The SMILES string of the molecule is CC(C)(C)c1csc(CN(CCBr)CC(F)F)n1. The maximum absolute atomic E-state index is 12.4. The summed E-state index contributed by atoms with van der Waals surface area (Å²) in [6, 6.07) is 0. The third-order valence-corrected chi connectivity index (χ3v) is 3.66. The van der Waals surface area contributed by atoms with Crippen molar-refractivity contribution in [2.24, 2.45) is 0 Å². The van der Waals surface area contributed by atoms with Crippen molar-refractivity contribution in [1.29, 1.82) is 0 Å². The summed E-state index contributed by atoms with van der Waals surface area (Å²) in [5.74, 6) is 0. The van der Waals surface area contributed by atoms with Crippen LogP contribution in [0.5, 0.6) is 0 Å². The van der Waals surface area contributed by atoms with E-state index >= 15 is 0 Å². The summed E-state index contributed by atoms with van der Waals surface area (Å²) in [7, 11) is 0. The maximum Gasteiger partial charge on any atom is 0.251 e. The van der Waals surface area contributed by atoms with Gasteiger partial charge in [-0.1, -0.05) is 36.7 Å². The normalized spacial score (nSPS) is 12.7. The Morgan fingerprint density at radius 1 is 1.44 bits per heavy atom. The van der Waals surface area contributed by atoms with Gasteiger partial charge in [0.05, 0.1) is 18.8 Å². The van der Waals surface area contributed by atoms with E-state index < -0.39 is 6.43 Å². The Bertz CT molecular complexity index is 363. The van der Waals surface area contributed by atoms with Crippen LogP contribution in [0.25, 0.3) is 0 Å². The van der Waals surface area contributed by atoms with Gasteiger partial charge in [0.1, 0.15) is 5.01 Å². The third kappa shape index (κ3) is 5.28. The summed E-state index contributed by atoms with van der Waals surface area (Å²) in [4.78, 5) is 6.25. The molecule has 18 heavy (non-hydrogen) atoms. The van der Waals surface area contributed by atoms with Crippen molar-refractivity contribution in [2.75, 3.05) is 18.4 Å². The minimum Gasteiger partial charge on any atom is -0.290 e. The zero-order chi connectivity index (χ0) is 13.8. The van der Waals surface area contributed by atoms with Crippen molar-refractivity contribution in [1.82, 2.24) is 9.88 Å². The molecule has 0 aliphatic heterocycles. The average molecular weight is 341 g/mol. The van der Waals surface area contributed by atoms with E-state index in [1.807, 2.05) is 5.38 Å². The summed E-state index contributed by atoms with van der Waals surface area (Å²) in [5, 5.41) is 3.61. The fourth-order valence-corrected chi connectivity index (χ4v) is 3.03. The number of aromatic nitrogens is 1. The van der Waals surface area contributed by atoms with Crippen molar-refractivity contribution in [3.63, 3.8) is 0 Å². The summed E-state index contributed by atoms with van der Waals surface area (Å²) < 4.78 is 24.9. The molecule has 0 amide bonds. The van der Waals surface area contributed by atoms with Crippen LogP contribution in [-0.4, -0.2) is 34.7 Å².